The van der Waals surface area contributed by atoms with Crippen LogP contribution in [0.2, 0.25) is 0 Å². The van der Waals surface area contributed by atoms with Gasteiger partial charge in [-0.1, -0.05) is 32.0 Å². The summed E-state index contributed by atoms with van der Waals surface area (Å²) in [7, 11) is 0. The molecule has 1 aromatic carbocycles. The number of carbonyl (C=O) groups is 2. The van der Waals surface area contributed by atoms with Gasteiger partial charge >= 0.3 is 12.1 Å². The highest BCUT2D eigenvalue weighted by atomic mass is 19.4. The number of benzene rings is 1. The molecule has 2 unspecified atom stereocenters. The first kappa shape index (κ1) is 19.0. The third-order valence-corrected chi connectivity index (χ3v) is 3.49. The van der Waals surface area contributed by atoms with Crippen LogP contribution in [0.15, 0.2) is 24.3 Å². The van der Waals surface area contributed by atoms with Gasteiger partial charge in [-0.25, -0.2) is 0 Å². The lowest BCUT2D eigenvalue weighted by molar-refractivity contribution is -0.138. The smallest absolute Gasteiger partial charge is 0.416 e. The van der Waals surface area contributed by atoms with Crippen molar-refractivity contribution in [1.82, 2.24) is 5.32 Å². The lowest BCUT2D eigenvalue weighted by atomic mass is 9.93. The molecule has 1 rings (SSSR count). The van der Waals surface area contributed by atoms with E-state index < -0.39 is 29.5 Å². The Kier molecular flexibility index (Phi) is 6.60. The van der Waals surface area contributed by atoms with Crippen LogP contribution in [-0.4, -0.2) is 23.5 Å². The molecule has 1 amide bonds. The van der Waals surface area contributed by atoms with Crippen molar-refractivity contribution < 1.29 is 27.9 Å². The standard InChI is InChI=1S/C16H20F3NO3/c1-3-13(15(23)20-9-10(2)7-14(21)22)11-5-4-6-12(8-11)16(17,18)19/h4-6,8,10,13H,3,7,9H2,1-2H3,(H,20,23)(H,21,22). The second-order valence-electron chi connectivity index (χ2n) is 5.53. The molecule has 2 atom stereocenters. The van der Waals surface area contributed by atoms with Crippen molar-refractivity contribution in [2.45, 2.75) is 38.8 Å². The van der Waals surface area contributed by atoms with E-state index >= 15 is 0 Å². The number of carbonyl (C=O) groups excluding carboxylic acids is 1. The van der Waals surface area contributed by atoms with E-state index in [4.69, 9.17) is 5.11 Å². The van der Waals surface area contributed by atoms with E-state index in [0.29, 0.717) is 12.0 Å². The first-order valence-electron chi connectivity index (χ1n) is 7.31. The fraction of sp³-hybridized carbons (Fsp3) is 0.500. The molecule has 0 fully saturated rings. The van der Waals surface area contributed by atoms with E-state index in [9.17, 15) is 22.8 Å². The van der Waals surface area contributed by atoms with Gasteiger partial charge in [-0.15, -0.1) is 0 Å². The van der Waals surface area contributed by atoms with Gasteiger partial charge in [0, 0.05) is 13.0 Å². The molecule has 2 N–H and O–H groups in total. The summed E-state index contributed by atoms with van der Waals surface area (Å²) in [6, 6.07) is 4.71. The highest BCUT2D eigenvalue weighted by molar-refractivity contribution is 5.83. The zero-order valence-electron chi connectivity index (χ0n) is 13.0. The maximum absolute atomic E-state index is 12.8. The SMILES string of the molecule is CCC(C(=O)NCC(C)CC(=O)O)c1cccc(C(F)(F)F)c1. The van der Waals surface area contributed by atoms with Crippen molar-refractivity contribution in [3.05, 3.63) is 35.4 Å². The average molecular weight is 331 g/mol. The van der Waals surface area contributed by atoms with Crippen molar-refractivity contribution in [3.63, 3.8) is 0 Å². The molecule has 0 spiro atoms. The average Bonchev–Trinajstić information content (AvgIpc) is 2.44. The van der Waals surface area contributed by atoms with Crippen LogP contribution in [0, 0.1) is 5.92 Å². The summed E-state index contributed by atoms with van der Waals surface area (Å²) in [5, 5.41) is 11.3. The Labute approximate surface area is 132 Å². The summed E-state index contributed by atoms with van der Waals surface area (Å²) >= 11 is 0. The predicted octanol–water partition coefficient (Wildman–Crippen LogP) is 3.43. The lowest BCUT2D eigenvalue weighted by Crippen LogP contribution is -2.33. The summed E-state index contributed by atoms with van der Waals surface area (Å²) in [4.78, 5) is 22.8. The topological polar surface area (TPSA) is 66.4 Å². The number of carboxylic acids is 1. The van der Waals surface area contributed by atoms with Crippen LogP contribution >= 0.6 is 0 Å². The van der Waals surface area contributed by atoms with Crippen LogP contribution in [0.25, 0.3) is 0 Å². The van der Waals surface area contributed by atoms with Crippen LogP contribution < -0.4 is 5.32 Å². The maximum atomic E-state index is 12.8. The molecule has 0 saturated heterocycles. The molecule has 0 aliphatic carbocycles. The van der Waals surface area contributed by atoms with Crippen LogP contribution in [0.4, 0.5) is 13.2 Å². The highest BCUT2D eigenvalue weighted by Gasteiger charge is 2.31. The van der Waals surface area contributed by atoms with Crippen molar-refractivity contribution in [2.75, 3.05) is 6.54 Å². The zero-order chi connectivity index (χ0) is 17.6. The van der Waals surface area contributed by atoms with Gasteiger partial charge in [-0.2, -0.15) is 13.2 Å². The normalized spacial score (nSPS) is 14.1. The Morgan fingerprint density at radius 3 is 2.48 bits per heavy atom. The van der Waals surface area contributed by atoms with E-state index in [2.05, 4.69) is 5.32 Å². The molecule has 0 aliphatic heterocycles. The third-order valence-electron chi connectivity index (χ3n) is 3.49. The van der Waals surface area contributed by atoms with Gasteiger partial charge in [0.15, 0.2) is 0 Å². The van der Waals surface area contributed by atoms with Gasteiger partial charge in [0.2, 0.25) is 5.91 Å². The summed E-state index contributed by atoms with van der Waals surface area (Å²) in [6.45, 7) is 3.56. The minimum Gasteiger partial charge on any atom is -0.481 e. The summed E-state index contributed by atoms with van der Waals surface area (Å²) < 4.78 is 38.3. The maximum Gasteiger partial charge on any atom is 0.416 e. The first-order valence-corrected chi connectivity index (χ1v) is 7.31. The zero-order valence-corrected chi connectivity index (χ0v) is 13.0. The molecule has 1 aromatic rings. The number of alkyl halides is 3. The van der Waals surface area contributed by atoms with E-state index in [-0.39, 0.29) is 18.9 Å². The van der Waals surface area contributed by atoms with Gasteiger partial charge in [0.1, 0.15) is 0 Å². The molecule has 7 heteroatoms. The second-order valence-corrected chi connectivity index (χ2v) is 5.53. The number of aliphatic carboxylic acids is 1. The fourth-order valence-electron chi connectivity index (χ4n) is 2.27. The quantitative estimate of drug-likeness (QED) is 0.804. The Balaban J connectivity index is 2.80. The number of hydrogen-bond acceptors (Lipinski definition) is 2. The number of rotatable bonds is 7. The molecule has 0 radical (unpaired) electrons. The number of hydrogen-bond donors (Lipinski definition) is 2. The molecule has 128 valence electrons. The highest BCUT2D eigenvalue weighted by Crippen LogP contribution is 2.31. The van der Waals surface area contributed by atoms with Crippen molar-refractivity contribution >= 4 is 11.9 Å². The van der Waals surface area contributed by atoms with Crippen molar-refractivity contribution in [2.24, 2.45) is 5.92 Å². The van der Waals surface area contributed by atoms with Crippen LogP contribution in [0.5, 0.6) is 0 Å². The predicted molar refractivity (Wildman–Crippen MR) is 78.9 cm³/mol. The first-order chi connectivity index (χ1) is 10.6. The molecule has 0 heterocycles. The molecule has 23 heavy (non-hydrogen) atoms. The van der Waals surface area contributed by atoms with E-state index in [1.807, 2.05) is 0 Å². The summed E-state index contributed by atoms with van der Waals surface area (Å²) in [5.41, 5.74) is -0.494. The Morgan fingerprint density at radius 1 is 1.30 bits per heavy atom. The number of amides is 1. The van der Waals surface area contributed by atoms with Crippen molar-refractivity contribution in [1.29, 1.82) is 0 Å². The van der Waals surface area contributed by atoms with E-state index in [1.165, 1.54) is 12.1 Å². The number of carboxylic acid groups (broad SMARTS) is 1. The summed E-state index contributed by atoms with van der Waals surface area (Å²) in [6.07, 6.45) is -4.19. The van der Waals surface area contributed by atoms with Crippen LogP contribution in [0.1, 0.15) is 43.7 Å². The minimum absolute atomic E-state index is 0.0827. The molecular formula is C16H20F3NO3. The third kappa shape index (κ3) is 5.92. The Hall–Kier alpha value is -2.05. The van der Waals surface area contributed by atoms with Gasteiger partial charge < -0.3 is 10.4 Å². The molecular weight excluding hydrogens is 311 g/mol. The van der Waals surface area contributed by atoms with Gasteiger partial charge in [0.05, 0.1) is 11.5 Å². The largest absolute Gasteiger partial charge is 0.481 e. The Bertz CT molecular complexity index is 558. The van der Waals surface area contributed by atoms with Crippen molar-refractivity contribution in [3.8, 4) is 0 Å². The second kappa shape index (κ2) is 7.99. The molecule has 0 aliphatic rings. The molecule has 0 saturated carbocycles. The molecule has 4 nitrogen and oxygen atoms in total. The van der Waals surface area contributed by atoms with Gasteiger partial charge in [0.25, 0.3) is 0 Å². The molecule has 0 bridgehead atoms. The number of nitrogens with one attached hydrogen (secondary N) is 1. The van der Waals surface area contributed by atoms with Gasteiger partial charge in [-0.3, -0.25) is 9.59 Å². The fourth-order valence-corrected chi connectivity index (χ4v) is 2.27. The summed E-state index contributed by atoms with van der Waals surface area (Å²) in [5.74, 6) is -2.31. The number of halogens is 3. The van der Waals surface area contributed by atoms with Crippen LogP contribution in [-0.2, 0) is 15.8 Å². The Morgan fingerprint density at radius 2 is 1.96 bits per heavy atom. The van der Waals surface area contributed by atoms with Crippen LogP contribution in [0.3, 0.4) is 0 Å². The lowest BCUT2D eigenvalue weighted by Gasteiger charge is -2.18. The monoisotopic (exact) mass is 331 g/mol. The van der Waals surface area contributed by atoms with E-state index in [1.54, 1.807) is 13.8 Å². The van der Waals surface area contributed by atoms with Gasteiger partial charge in [-0.05, 0) is 24.0 Å². The molecule has 0 aromatic heterocycles. The minimum atomic E-state index is -4.46. The van der Waals surface area contributed by atoms with E-state index in [0.717, 1.165) is 12.1 Å².